The van der Waals surface area contributed by atoms with Gasteiger partial charge in [-0.15, -0.1) is 0 Å². The molecule has 2 atom stereocenters. The zero-order valence-corrected chi connectivity index (χ0v) is 14.0. The zero-order chi connectivity index (χ0) is 17.2. The maximum absolute atomic E-state index is 12.9. The Balaban J connectivity index is 1.43. The van der Waals surface area contributed by atoms with E-state index in [0.717, 1.165) is 25.1 Å². The van der Waals surface area contributed by atoms with E-state index < -0.39 is 0 Å². The number of rotatable bonds is 3. The van der Waals surface area contributed by atoms with Gasteiger partial charge in [0.15, 0.2) is 0 Å². The van der Waals surface area contributed by atoms with Crippen LogP contribution in [-0.2, 0) is 9.59 Å². The third-order valence-electron chi connectivity index (χ3n) is 5.06. The summed E-state index contributed by atoms with van der Waals surface area (Å²) in [7, 11) is 0. The molecule has 4 rings (SSSR count). The maximum Gasteiger partial charge on any atom is 0.228 e. The number of amides is 2. The molecule has 2 fully saturated rings. The smallest absolute Gasteiger partial charge is 0.228 e. The van der Waals surface area contributed by atoms with Crippen molar-refractivity contribution in [2.45, 2.75) is 25.3 Å². The predicted octanol–water partition coefficient (Wildman–Crippen LogP) is 1.49. The maximum atomic E-state index is 12.9. The second-order valence-corrected chi connectivity index (χ2v) is 6.70. The van der Waals surface area contributed by atoms with Crippen LogP contribution in [0.4, 0.5) is 5.69 Å². The van der Waals surface area contributed by atoms with Crippen molar-refractivity contribution in [3.63, 3.8) is 0 Å². The number of benzene rings is 1. The SMILES string of the molecule is O=C([C@H]1CC(=O)N(c2ccccc2)C1)N1CCC[C@H](n2cncn2)C1. The summed E-state index contributed by atoms with van der Waals surface area (Å²) in [6.45, 7) is 1.85. The Morgan fingerprint density at radius 3 is 2.76 bits per heavy atom. The van der Waals surface area contributed by atoms with Gasteiger partial charge in [-0.05, 0) is 25.0 Å². The zero-order valence-electron chi connectivity index (χ0n) is 14.0. The molecule has 3 heterocycles. The number of likely N-dealkylation sites (tertiary alicyclic amines) is 1. The van der Waals surface area contributed by atoms with Crippen LogP contribution in [0.3, 0.4) is 0 Å². The van der Waals surface area contributed by atoms with Crippen molar-refractivity contribution >= 4 is 17.5 Å². The van der Waals surface area contributed by atoms with E-state index in [4.69, 9.17) is 0 Å². The molecule has 0 bridgehead atoms. The molecule has 2 amide bonds. The first-order valence-electron chi connectivity index (χ1n) is 8.70. The monoisotopic (exact) mass is 339 g/mol. The molecule has 0 N–H and O–H groups in total. The molecule has 130 valence electrons. The molecule has 0 unspecified atom stereocenters. The molecule has 2 saturated heterocycles. The molecule has 0 spiro atoms. The lowest BCUT2D eigenvalue weighted by Crippen LogP contribution is -2.44. The highest BCUT2D eigenvalue weighted by Crippen LogP contribution is 2.28. The van der Waals surface area contributed by atoms with Gasteiger partial charge >= 0.3 is 0 Å². The van der Waals surface area contributed by atoms with Gasteiger partial charge in [0.05, 0.1) is 12.0 Å². The Morgan fingerprint density at radius 1 is 1.16 bits per heavy atom. The van der Waals surface area contributed by atoms with Crippen LogP contribution in [0, 0.1) is 5.92 Å². The molecular formula is C18H21N5O2. The Morgan fingerprint density at radius 2 is 2.00 bits per heavy atom. The van der Waals surface area contributed by atoms with Gasteiger partial charge in [0.25, 0.3) is 0 Å². The molecule has 0 aliphatic carbocycles. The summed E-state index contributed by atoms with van der Waals surface area (Å²) in [5.41, 5.74) is 0.863. The van der Waals surface area contributed by atoms with Crippen LogP contribution in [0.15, 0.2) is 43.0 Å². The van der Waals surface area contributed by atoms with Gasteiger partial charge in [-0.25, -0.2) is 9.67 Å². The van der Waals surface area contributed by atoms with E-state index in [1.54, 1.807) is 11.2 Å². The minimum atomic E-state index is -0.262. The van der Waals surface area contributed by atoms with Crippen LogP contribution >= 0.6 is 0 Å². The first kappa shape index (κ1) is 15.8. The summed E-state index contributed by atoms with van der Waals surface area (Å²) in [6.07, 6.45) is 5.45. The predicted molar refractivity (Wildman–Crippen MR) is 91.8 cm³/mol. The number of carbonyl (C=O) groups excluding carboxylic acids is 2. The van der Waals surface area contributed by atoms with E-state index in [0.29, 0.717) is 13.1 Å². The molecule has 1 aromatic heterocycles. The third kappa shape index (κ3) is 3.14. The summed E-state index contributed by atoms with van der Waals surface area (Å²) >= 11 is 0. The fourth-order valence-electron chi connectivity index (χ4n) is 3.77. The molecule has 0 saturated carbocycles. The van der Waals surface area contributed by atoms with Crippen molar-refractivity contribution in [2.75, 3.05) is 24.5 Å². The highest BCUT2D eigenvalue weighted by Gasteiger charge is 2.38. The lowest BCUT2D eigenvalue weighted by Gasteiger charge is -2.34. The Labute approximate surface area is 146 Å². The fraction of sp³-hybridized carbons (Fsp3) is 0.444. The van der Waals surface area contributed by atoms with Crippen molar-refractivity contribution in [1.82, 2.24) is 19.7 Å². The number of piperidine rings is 1. The van der Waals surface area contributed by atoms with Crippen LogP contribution in [0.2, 0.25) is 0 Å². The van der Waals surface area contributed by atoms with E-state index in [1.165, 1.54) is 6.33 Å². The number of anilines is 1. The lowest BCUT2D eigenvalue weighted by atomic mass is 10.0. The number of carbonyl (C=O) groups is 2. The number of hydrogen-bond donors (Lipinski definition) is 0. The molecule has 2 aliphatic rings. The first-order chi connectivity index (χ1) is 12.2. The molecule has 2 aromatic rings. The third-order valence-corrected chi connectivity index (χ3v) is 5.06. The van der Waals surface area contributed by atoms with Crippen LogP contribution < -0.4 is 4.90 Å². The van der Waals surface area contributed by atoms with Gasteiger partial charge < -0.3 is 9.80 Å². The lowest BCUT2D eigenvalue weighted by molar-refractivity contribution is -0.137. The molecule has 25 heavy (non-hydrogen) atoms. The summed E-state index contributed by atoms with van der Waals surface area (Å²) in [6, 6.07) is 9.72. The van der Waals surface area contributed by atoms with Gasteiger partial charge in [0.1, 0.15) is 12.7 Å². The van der Waals surface area contributed by atoms with Crippen LogP contribution in [0.25, 0.3) is 0 Å². The van der Waals surface area contributed by atoms with Gasteiger partial charge in [-0.2, -0.15) is 5.10 Å². The summed E-state index contributed by atoms with van der Waals surface area (Å²) < 4.78 is 1.83. The van der Waals surface area contributed by atoms with E-state index in [9.17, 15) is 9.59 Å². The second-order valence-electron chi connectivity index (χ2n) is 6.70. The Hall–Kier alpha value is -2.70. The van der Waals surface area contributed by atoms with Crippen molar-refractivity contribution in [2.24, 2.45) is 5.92 Å². The summed E-state index contributed by atoms with van der Waals surface area (Å²) in [5.74, 6) is -0.159. The largest absolute Gasteiger partial charge is 0.340 e. The van der Waals surface area contributed by atoms with Crippen LogP contribution in [0.1, 0.15) is 25.3 Å². The molecule has 0 radical (unpaired) electrons. The molecule has 2 aliphatic heterocycles. The average Bonchev–Trinajstić information content (AvgIpc) is 3.32. The van der Waals surface area contributed by atoms with E-state index >= 15 is 0 Å². The Bertz CT molecular complexity index is 746. The van der Waals surface area contributed by atoms with Gasteiger partial charge in [-0.1, -0.05) is 18.2 Å². The topological polar surface area (TPSA) is 71.3 Å². The standard InChI is InChI=1S/C18H21N5O2/c24-17-9-14(10-22(17)15-5-2-1-3-6-15)18(25)21-8-4-7-16(11-21)23-13-19-12-20-23/h1-3,5-6,12-14,16H,4,7-11H2/t14-,16-/m0/s1. The average molecular weight is 339 g/mol. The number of nitrogens with zero attached hydrogens (tertiary/aromatic N) is 5. The van der Waals surface area contributed by atoms with Crippen molar-refractivity contribution in [1.29, 1.82) is 0 Å². The molecule has 7 heteroatoms. The number of aromatic nitrogens is 3. The minimum absolute atomic E-state index is 0.0226. The fourth-order valence-corrected chi connectivity index (χ4v) is 3.77. The highest BCUT2D eigenvalue weighted by molar-refractivity contribution is 6.00. The van der Waals surface area contributed by atoms with Gasteiger partial charge in [0, 0.05) is 31.7 Å². The van der Waals surface area contributed by atoms with E-state index in [2.05, 4.69) is 10.1 Å². The van der Waals surface area contributed by atoms with E-state index in [-0.39, 0.29) is 30.2 Å². The molecule has 1 aromatic carbocycles. The number of hydrogen-bond acceptors (Lipinski definition) is 4. The summed E-state index contributed by atoms with van der Waals surface area (Å²) in [5, 5.41) is 4.20. The second kappa shape index (κ2) is 6.66. The van der Waals surface area contributed by atoms with Gasteiger partial charge in [-0.3, -0.25) is 9.59 Å². The van der Waals surface area contributed by atoms with Crippen molar-refractivity contribution in [3.8, 4) is 0 Å². The Kier molecular flexibility index (Phi) is 4.21. The molecular weight excluding hydrogens is 318 g/mol. The van der Waals surface area contributed by atoms with E-state index in [1.807, 2.05) is 39.9 Å². The summed E-state index contributed by atoms with van der Waals surface area (Å²) in [4.78, 5) is 32.9. The normalized spacial score (nSPS) is 23.9. The quantitative estimate of drug-likeness (QED) is 0.849. The van der Waals surface area contributed by atoms with Crippen molar-refractivity contribution in [3.05, 3.63) is 43.0 Å². The van der Waals surface area contributed by atoms with Crippen molar-refractivity contribution < 1.29 is 9.59 Å². The van der Waals surface area contributed by atoms with Crippen LogP contribution in [0.5, 0.6) is 0 Å². The highest BCUT2D eigenvalue weighted by atomic mass is 16.2. The number of para-hydroxylation sites is 1. The first-order valence-corrected chi connectivity index (χ1v) is 8.70. The van der Waals surface area contributed by atoms with Crippen LogP contribution in [-0.4, -0.2) is 51.1 Å². The minimum Gasteiger partial charge on any atom is -0.340 e. The van der Waals surface area contributed by atoms with Gasteiger partial charge in [0.2, 0.25) is 11.8 Å². The molecule has 7 nitrogen and oxygen atoms in total.